The van der Waals surface area contributed by atoms with Crippen LogP contribution in [0.4, 0.5) is 0 Å². The summed E-state index contributed by atoms with van der Waals surface area (Å²) in [6.07, 6.45) is 0. The summed E-state index contributed by atoms with van der Waals surface area (Å²) in [7, 11) is 0. The van der Waals surface area contributed by atoms with Gasteiger partial charge in [-0.3, -0.25) is 5.43 Å². The highest BCUT2D eigenvalue weighted by Gasteiger charge is 2.19. The predicted octanol–water partition coefficient (Wildman–Crippen LogP) is 4.21. The van der Waals surface area contributed by atoms with Crippen molar-refractivity contribution in [2.24, 2.45) is 0 Å². The van der Waals surface area contributed by atoms with Crippen molar-refractivity contribution in [1.82, 2.24) is 14.9 Å². The first-order chi connectivity index (χ1) is 11.2. The van der Waals surface area contributed by atoms with Crippen LogP contribution >= 0.6 is 11.8 Å². The first-order valence-electron chi connectivity index (χ1n) is 7.45. The second-order valence-corrected chi connectivity index (χ2v) is 6.42. The zero-order chi connectivity index (χ0) is 15.8. The van der Waals surface area contributed by atoms with E-state index in [4.69, 9.17) is 0 Å². The van der Waals surface area contributed by atoms with Gasteiger partial charge < -0.3 is 0 Å². The number of nitrogens with one attached hydrogen (secondary N) is 1. The van der Waals surface area contributed by atoms with Crippen LogP contribution in [-0.2, 0) is 0 Å². The molecule has 0 saturated heterocycles. The van der Waals surface area contributed by atoms with Gasteiger partial charge in [-0.15, -0.1) is 10.2 Å². The normalized spacial score (nSPS) is 13.2. The molecule has 0 fully saturated rings. The molecule has 0 bridgehead atoms. The van der Waals surface area contributed by atoms with Crippen LogP contribution in [0, 0.1) is 13.8 Å². The Kier molecular flexibility index (Phi) is 3.42. The Morgan fingerprint density at radius 1 is 0.957 bits per heavy atom. The first-order valence-corrected chi connectivity index (χ1v) is 8.32. The topological polar surface area (TPSA) is 42.7 Å². The molecular weight excluding hydrogens is 304 g/mol. The van der Waals surface area contributed by atoms with Gasteiger partial charge in [0.05, 0.1) is 5.70 Å². The summed E-state index contributed by atoms with van der Waals surface area (Å²) >= 11 is 1.58. The lowest BCUT2D eigenvalue weighted by molar-refractivity contribution is 0.825. The van der Waals surface area contributed by atoms with E-state index in [1.807, 2.05) is 4.68 Å². The molecule has 114 valence electrons. The second-order valence-electron chi connectivity index (χ2n) is 5.58. The summed E-state index contributed by atoms with van der Waals surface area (Å²) in [5.74, 6) is 0.826. The van der Waals surface area contributed by atoms with Gasteiger partial charge in [0, 0.05) is 16.5 Å². The molecule has 4 nitrogen and oxygen atoms in total. The van der Waals surface area contributed by atoms with E-state index in [1.54, 1.807) is 11.8 Å². The van der Waals surface area contributed by atoms with Crippen molar-refractivity contribution in [2.45, 2.75) is 19.0 Å². The van der Waals surface area contributed by atoms with Crippen molar-refractivity contribution in [2.75, 3.05) is 5.43 Å². The molecule has 0 unspecified atom stereocenters. The fourth-order valence-electron chi connectivity index (χ4n) is 2.59. The molecule has 1 aliphatic heterocycles. The summed E-state index contributed by atoms with van der Waals surface area (Å²) in [6, 6.07) is 16.7. The van der Waals surface area contributed by atoms with Gasteiger partial charge in [0.2, 0.25) is 5.16 Å². The summed E-state index contributed by atoms with van der Waals surface area (Å²) in [6.45, 7) is 4.20. The molecule has 2 heterocycles. The average molecular weight is 320 g/mol. The molecule has 1 aromatic heterocycles. The average Bonchev–Trinajstić information content (AvgIpc) is 2.99. The van der Waals surface area contributed by atoms with Crippen LogP contribution in [0.1, 0.15) is 16.7 Å². The molecule has 5 heteroatoms. The van der Waals surface area contributed by atoms with E-state index in [-0.39, 0.29) is 0 Å². The number of nitrogens with zero attached hydrogens (tertiary/aromatic N) is 3. The number of hydrogen-bond donors (Lipinski definition) is 1. The lowest BCUT2D eigenvalue weighted by atomic mass is 10.1. The highest BCUT2D eigenvalue weighted by Crippen LogP contribution is 2.32. The van der Waals surface area contributed by atoms with Crippen LogP contribution in [-0.4, -0.2) is 14.9 Å². The number of fused-ring (bicyclic) bond motifs is 1. The Bertz CT molecular complexity index is 894. The van der Waals surface area contributed by atoms with Crippen molar-refractivity contribution >= 4 is 17.5 Å². The van der Waals surface area contributed by atoms with Crippen LogP contribution in [0.25, 0.3) is 17.1 Å². The van der Waals surface area contributed by atoms with E-state index < -0.39 is 0 Å². The van der Waals surface area contributed by atoms with Crippen LogP contribution in [0.3, 0.4) is 0 Å². The fraction of sp³-hybridized carbons (Fsp3) is 0.111. The molecule has 23 heavy (non-hydrogen) atoms. The Hall–Kier alpha value is -2.53. The van der Waals surface area contributed by atoms with Gasteiger partial charge in [-0.05, 0) is 19.4 Å². The molecule has 0 amide bonds. The molecule has 2 aromatic carbocycles. The van der Waals surface area contributed by atoms with Gasteiger partial charge >= 0.3 is 0 Å². The molecular formula is C18H16N4S. The molecule has 0 spiro atoms. The van der Waals surface area contributed by atoms with E-state index >= 15 is 0 Å². The minimum absolute atomic E-state index is 0.826. The molecule has 1 N–H and O–H groups in total. The third-order valence-electron chi connectivity index (χ3n) is 3.89. The quantitative estimate of drug-likeness (QED) is 0.768. The maximum atomic E-state index is 4.34. The van der Waals surface area contributed by atoms with Crippen LogP contribution < -0.4 is 5.43 Å². The maximum Gasteiger partial charge on any atom is 0.214 e. The van der Waals surface area contributed by atoms with Crippen molar-refractivity contribution in [3.05, 3.63) is 70.6 Å². The lowest BCUT2D eigenvalue weighted by Crippen LogP contribution is -2.18. The molecule has 4 rings (SSSR count). The van der Waals surface area contributed by atoms with Gasteiger partial charge in [-0.1, -0.05) is 65.9 Å². The lowest BCUT2D eigenvalue weighted by Gasteiger charge is -2.20. The second kappa shape index (κ2) is 5.59. The largest absolute Gasteiger partial charge is 0.289 e. The number of thioether (sulfide) groups is 1. The van der Waals surface area contributed by atoms with Crippen molar-refractivity contribution in [3.63, 3.8) is 0 Å². The number of rotatable bonds is 2. The van der Waals surface area contributed by atoms with E-state index in [0.29, 0.717) is 0 Å². The number of aromatic nitrogens is 3. The van der Waals surface area contributed by atoms with Crippen molar-refractivity contribution < 1.29 is 0 Å². The summed E-state index contributed by atoms with van der Waals surface area (Å²) in [5, 5.41) is 11.6. The van der Waals surface area contributed by atoms with Gasteiger partial charge in [-0.25, -0.2) is 4.68 Å². The van der Waals surface area contributed by atoms with Crippen molar-refractivity contribution in [1.29, 1.82) is 0 Å². The third kappa shape index (κ3) is 2.53. The predicted molar refractivity (Wildman–Crippen MR) is 94.6 cm³/mol. The van der Waals surface area contributed by atoms with Crippen molar-refractivity contribution in [3.8, 4) is 11.4 Å². The Morgan fingerprint density at radius 2 is 1.74 bits per heavy atom. The monoisotopic (exact) mass is 320 g/mol. The maximum absolute atomic E-state index is 4.34. The zero-order valence-corrected chi connectivity index (χ0v) is 13.8. The highest BCUT2D eigenvalue weighted by atomic mass is 32.2. The van der Waals surface area contributed by atoms with E-state index in [0.717, 1.165) is 22.2 Å². The van der Waals surface area contributed by atoms with Crippen LogP contribution in [0.2, 0.25) is 0 Å². The third-order valence-corrected chi connectivity index (χ3v) is 4.72. The molecule has 3 aromatic rings. The van der Waals surface area contributed by atoms with Crippen LogP contribution in [0.5, 0.6) is 0 Å². The molecule has 1 aliphatic rings. The molecule has 0 aliphatic carbocycles. The molecule has 0 radical (unpaired) electrons. The zero-order valence-electron chi connectivity index (χ0n) is 12.9. The van der Waals surface area contributed by atoms with E-state index in [2.05, 4.69) is 83.4 Å². The smallest absolute Gasteiger partial charge is 0.214 e. The van der Waals surface area contributed by atoms with Gasteiger partial charge in [0.25, 0.3) is 0 Å². The van der Waals surface area contributed by atoms with Gasteiger partial charge in [0.1, 0.15) is 0 Å². The number of hydrogen-bond acceptors (Lipinski definition) is 4. The summed E-state index contributed by atoms with van der Waals surface area (Å²) in [4.78, 5) is 0. The first kappa shape index (κ1) is 14.1. The highest BCUT2D eigenvalue weighted by molar-refractivity contribution is 8.02. The van der Waals surface area contributed by atoms with Gasteiger partial charge in [0.15, 0.2) is 5.82 Å². The fourth-order valence-corrected chi connectivity index (χ4v) is 3.32. The molecule has 0 atom stereocenters. The number of aryl methyl sites for hydroxylation is 2. The standard InChI is InChI=1S/C18H16N4S/c1-12-7-9-14(10-8-12)17-19-20-18-22(17)21-16(11-23-18)15-6-4-3-5-13(15)2/h3-11,21H,1-2H3. The molecule has 0 saturated carbocycles. The Balaban J connectivity index is 1.73. The minimum Gasteiger partial charge on any atom is -0.289 e. The van der Waals surface area contributed by atoms with E-state index in [9.17, 15) is 0 Å². The Labute approximate surface area is 139 Å². The number of benzene rings is 2. The minimum atomic E-state index is 0.826. The summed E-state index contributed by atoms with van der Waals surface area (Å²) in [5.41, 5.74) is 9.22. The summed E-state index contributed by atoms with van der Waals surface area (Å²) < 4.78 is 1.96. The van der Waals surface area contributed by atoms with Gasteiger partial charge in [-0.2, -0.15) is 0 Å². The SMILES string of the molecule is Cc1ccc(-c2nnc3n2NC(c2ccccc2C)=CS3)cc1. The Morgan fingerprint density at radius 3 is 2.52 bits per heavy atom. The van der Waals surface area contributed by atoms with Crippen LogP contribution in [0.15, 0.2) is 59.1 Å². The van der Waals surface area contributed by atoms with E-state index in [1.165, 1.54) is 16.7 Å².